The summed E-state index contributed by atoms with van der Waals surface area (Å²) in [6, 6.07) is 7.89. The second-order valence-corrected chi connectivity index (χ2v) is 4.43. The summed E-state index contributed by atoms with van der Waals surface area (Å²) in [5.74, 6) is 1.50. The Balaban J connectivity index is 2.22. The van der Waals surface area contributed by atoms with Gasteiger partial charge in [0.05, 0.1) is 26.4 Å². The molecule has 0 radical (unpaired) electrons. The zero-order valence-electron chi connectivity index (χ0n) is 11.9. The van der Waals surface area contributed by atoms with Gasteiger partial charge in [-0.15, -0.1) is 10.2 Å². The predicted octanol–water partition coefficient (Wildman–Crippen LogP) is 0.574. The Morgan fingerprint density at radius 3 is 2.80 bits per heavy atom. The van der Waals surface area contributed by atoms with Crippen molar-refractivity contribution in [3.05, 3.63) is 30.1 Å². The summed E-state index contributed by atoms with van der Waals surface area (Å²) >= 11 is 0. The third kappa shape index (κ3) is 3.45. The van der Waals surface area contributed by atoms with Crippen LogP contribution in [-0.2, 0) is 13.6 Å². The molecule has 1 heterocycles. The molecule has 0 saturated carbocycles. The zero-order valence-corrected chi connectivity index (χ0v) is 11.9. The molecule has 7 heteroatoms. The Bertz CT molecular complexity index is 541. The molecule has 0 aliphatic carbocycles. The first-order valence-corrected chi connectivity index (χ1v) is 6.55. The minimum atomic E-state index is 0.578. The molecule has 0 saturated heterocycles. The van der Waals surface area contributed by atoms with Crippen molar-refractivity contribution in [2.45, 2.75) is 13.0 Å². The molecule has 0 aliphatic rings. The van der Waals surface area contributed by atoms with Crippen LogP contribution in [0, 0.1) is 0 Å². The van der Waals surface area contributed by atoms with Gasteiger partial charge in [0.2, 0.25) is 0 Å². The van der Waals surface area contributed by atoms with Gasteiger partial charge in [0.25, 0.3) is 0 Å². The van der Waals surface area contributed by atoms with Crippen LogP contribution in [0.2, 0.25) is 0 Å². The number of para-hydroxylation sites is 2. The molecule has 2 aromatic rings. The van der Waals surface area contributed by atoms with E-state index in [1.807, 2.05) is 24.3 Å². The highest BCUT2D eigenvalue weighted by Gasteiger charge is 2.14. The van der Waals surface area contributed by atoms with Crippen molar-refractivity contribution in [1.29, 1.82) is 0 Å². The summed E-state index contributed by atoms with van der Waals surface area (Å²) in [7, 11) is 3.42. The molecule has 0 fully saturated rings. The Kier molecular flexibility index (Phi) is 4.89. The first kappa shape index (κ1) is 14.3. The number of nitrogens with zero attached hydrogens (tertiary/aromatic N) is 5. The average Bonchev–Trinajstić information content (AvgIpc) is 2.88. The number of benzene rings is 1. The highest BCUT2D eigenvalue weighted by molar-refractivity contribution is 5.58. The molecule has 20 heavy (non-hydrogen) atoms. The number of aromatic nitrogens is 4. The molecule has 0 atom stereocenters. The van der Waals surface area contributed by atoms with Crippen molar-refractivity contribution >= 4 is 5.69 Å². The summed E-state index contributed by atoms with van der Waals surface area (Å²) in [6.07, 6.45) is 0.887. The predicted molar refractivity (Wildman–Crippen MR) is 76.5 cm³/mol. The summed E-state index contributed by atoms with van der Waals surface area (Å²) in [5.41, 5.74) is 6.63. The monoisotopic (exact) mass is 276 g/mol. The van der Waals surface area contributed by atoms with E-state index in [1.165, 1.54) is 4.80 Å². The molecule has 1 aromatic heterocycles. The van der Waals surface area contributed by atoms with Crippen LogP contribution in [-0.4, -0.2) is 40.4 Å². The lowest BCUT2D eigenvalue weighted by molar-refractivity contribution is 0.414. The SMILES string of the molecule is COc1ccccc1N(CCCN)Cc1nnn(C)n1. The van der Waals surface area contributed by atoms with Crippen LogP contribution < -0.4 is 15.4 Å². The van der Waals surface area contributed by atoms with Gasteiger partial charge < -0.3 is 15.4 Å². The largest absolute Gasteiger partial charge is 0.495 e. The minimum Gasteiger partial charge on any atom is -0.495 e. The van der Waals surface area contributed by atoms with Crippen LogP contribution in [0.1, 0.15) is 12.2 Å². The van der Waals surface area contributed by atoms with E-state index in [2.05, 4.69) is 20.3 Å². The molecular formula is C13H20N6O. The number of aryl methyl sites for hydroxylation is 1. The Morgan fingerprint density at radius 2 is 2.15 bits per heavy atom. The van der Waals surface area contributed by atoms with E-state index >= 15 is 0 Å². The molecule has 2 N–H and O–H groups in total. The minimum absolute atomic E-state index is 0.578. The van der Waals surface area contributed by atoms with Crippen LogP contribution in [0.15, 0.2) is 24.3 Å². The molecule has 108 valence electrons. The smallest absolute Gasteiger partial charge is 0.193 e. The van der Waals surface area contributed by atoms with Gasteiger partial charge in [-0.05, 0) is 30.3 Å². The van der Waals surface area contributed by atoms with E-state index < -0.39 is 0 Å². The van der Waals surface area contributed by atoms with Crippen molar-refractivity contribution in [2.75, 3.05) is 25.1 Å². The molecule has 0 spiro atoms. The molecular weight excluding hydrogens is 256 g/mol. The van der Waals surface area contributed by atoms with Crippen LogP contribution in [0.3, 0.4) is 0 Å². The number of hydrogen-bond acceptors (Lipinski definition) is 6. The van der Waals surface area contributed by atoms with Crippen molar-refractivity contribution in [3.8, 4) is 5.75 Å². The lowest BCUT2D eigenvalue weighted by atomic mass is 10.2. The molecule has 0 amide bonds. The standard InChI is InChI=1S/C13H20N6O/c1-18-16-13(15-17-18)10-19(9-5-8-14)11-6-3-4-7-12(11)20-2/h3-4,6-7H,5,8-10,14H2,1-2H3. The number of tetrazole rings is 1. The van der Waals surface area contributed by atoms with E-state index in [1.54, 1.807) is 14.2 Å². The van der Waals surface area contributed by atoms with Crippen molar-refractivity contribution in [3.63, 3.8) is 0 Å². The molecule has 0 unspecified atom stereocenters. The summed E-state index contributed by atoms with van der Waals surface area (Å²) in [6.45, 7) is 2.03. The zero-order chi connectivity index (χ0) is 14.4. The van der Waals surface area contributed by atoms with Gasteiger partial charge in [0.15, 0.2) is 5.82 Å². The molecule has 1 aromatic carbocycles. The number of methoxy groups -OCH3 is 1. The van der Waals surface area contributed by atoms with Gasteiger partial charge in [-0.25, -0.2) is 0 Å². The maximum Gasteiger partial charge on any atom is 0.193 e. The molecule has 2 rings (SSSR count). The van der Waals surface area contributed by atoms with Crippen LogP contribution in [0.25, 0.3) is 0 Å². The van der Waals surface area contributed by atoms with Gasteiger partial charge in [0, 0.05) is 6.54 Å². The Labute approximate surface area is 118 Å². The van der Waals surface area contributed by atoms with E-state index in [4.69, 9.17) is 10.5 Å². The van der Waals surface area contributed by atoms with Crippen molar-refractivity contribution < 1.29 is 4.74 Å². The van der Waals surface area contributed by atoms with Crippen molar-refractivity contribution in [2.24, 2.45) is 12.8 Å². The highest BCUT2D eigenvalue weighted by Crippen LogP contribution is 2.28. The molecule has 7 nitrogen and oxygen atoms in total. The first-order valence-electron chi connectivity index (χ1n) is 6.55. The number of nitrogens with two attached hydrogens (primary N) is 1. The second-order valence-electron chi connectivity index (χ2n) is 4.43. The van der Waals surface area contributed by atoms with Crippen LogP contribution in [0.5, 0.6) is 5.75 Å². The molecule has 0 bridgehead atoms. The summed E-state index contributed by atoms with van der Waals surface area (Å²) in [4.78, 5) is 3.61. The number of anilines is 1. The van der Waals surface area contributed by atoms with Gasteiger partial charge in [-0.3, -0.25) is 0 Å². The van der Waals surface area contributed by atoms with Gasteiger partial charge in [0.1, 0.15) is 5.75 Å². The maximum absolute atomic E-state index is 5.62. The number of ether oxygens (including phenoxy) is 1. The second kappa shape index (κ2) is 6.85. The quantitative estimate of drug-likeness (QED) is 0.796. The van der Waals surface area contributed by atoms with Gasteiger partial charge >= 0.3 is 0 Å². The van der Waals surface area contributed by atoms with E-state index in [0.29, 0.717) is 18.9 Å². The Hall–Kier alpha value is -2.15. The lowest BCUT2D eigenvalue weighted by Gasteiger charge is -2.24. The third-order valence-electron chi connectivity index (χ3n) is 2.94. The summed E-state index contributed by atoms with van der Waals surface area (Å²) < 4.78 is 5.41. The fourth-order valence-electron chi connectivity index (χ4n) is 2.02. The topological polar surface area (TPSA) is 82.1 Å². The van der Waals surface area contributed by atoms with E-state index in [9.17, 15) is 0 Å². The van der Waals surface area contributed by atoms with Crippen LogP contribution in [0.4, 0.5) is 5.69 Å². The maximum atomic E-state index is 5.62. The van der Waals surface area contributed by atoms with E-state index in [0.717, 1.165) is 24.4 Å². The average molecular weight is 276 g/mol. The fourth-order valence-corrected chi connectivity index (χ4v) is 2.02. The normalized spacial score (nSPS) is 10.6. The number of hydrogen-bond donors (Lipinski definition) is 1. The highest BCUT2D eigenvalue weighted by atomic mass is 16.5. The summed E-state index contributed by atoms with van der Waals surface area (Å²) in [5, 5.41) is 12.1. The number of rotatable bonds is 7. The third-order valence-corrected chi connectivity index (χ3v) is 2.94. The first-order chi connectivity index (χ1) is 9.74. The van der Waals surface area contributed by atoms with Gasteiger partial charge in [-0.1, -0.05) is 12.1 Å². The van der Waals surface area contributed by atoms with Crippen LogP contribution >= 0.6 is 0 Å². The Morgan fingerprint density at radius 1 is 1.35 bits per heavy atom. The lowest BCUT2D eigenvalue weighted by Crippen LogP contribution is -2.26. The molecule has 0 aliphatic heterocycles. The van der Waals surface area contributed by atoms with E-state index in [-0.39, 0.29) is 0 Å². The van der Waals surface area contributed by atoms with Crippen molar-refractivity contribution in [1.82, 2.24) is 20.2 Å². The van der Waals surface area contributed by atoms with Gasteiger partial charge in [-0.2, -0.15) is 4.80 Å². The fraction of sp³-hybridized carbons (Fsp3) is 0.462.